The number of nitrogens with zero attached hydrogens (tertiary/aromatic N) is 1. The fourth-order valence-corrected chi connectivity index (χ4v) is 2.98. The molecule has 1 saturated heterocycles. The van der Waals surface area contributed by atoms with Crippen molar-refractivity contribution in [2.45, 2.75) is 37.6 Å². The summed E-state index contributed by atoms with van der Waals surface area (Å²) in [4.78, 5) is 13.0. The van der Waals surface area contributed by atoms with Gasteiger partial charge in [0.15, 0.2) is 0 Å². The van der Waals surface area contributed by atoms with E-state index in [1.807, 2.05) is 13.8 Å². The predicted octanol–water partition coefficient (Wildman–Crippen LogP) is 1.72. The zero-order valence-electron chi connectivity index (χ0n) is 12.5. The van der Waals surface area contributed by atoms with Gasteiger partial charge in [-0.3, -0.25) is 9.69 Å². The predicted molar refractivity (Wildman–Crippen MR) is 71.7 cm³/mol. The van der Waals surface area contributed by atoms with Crippen molar-refractivity contribution in [2.24, 2.45) is 5.92 Å². The van der Waals surface area contributed by atoms with Gasteiger partial charge in [-0.15, -0.1) is 0 Å². The number of hydrogen-bond donors (Lipinski definition) is 1. The highest BCUT2D eigenvalue weighted by atomic mass is 19.4. The average Bonchev–Trinajstić information content (AvgIpc) is 2.93. The van der Waals surface area contributed by atoms with Gasteiger partial charge in [0.05, 0.1) is 24.3 Å². The lowest BCUT2D eigenvalue weighted by atomic mass is 9.95. The van der Waals surface area contributed by atoms with E-state index < -0.39 is 18.3 Å². The standard InChI is InChI=1S/C14H21F3N2O2/c1-12(2)13(7-10(13)8-21-12)18-11(20)5-4-6-19(3)9-14(15,16)17/h4-5,10H,6-9H2,1-3H3,(H,18,20)/b5-4+. The third kappa shape index (κ3) is 3.58. The van der Waals surface area contributed by atoms with Gasteiger partial charge >= 0.3 is 6.18 Å². The number of ether oxygens (including phenoxy) is 1. The Kier molecular flexibility index (Phi) is 4.10. The van der Waals surface area contributed by atoms with Gasteiger partial charge in [0.2, 0.25) is 5.91 Å². The number of amides is 1. The number of fused-ring (bicyclic) bond motifs is 1. The van der Waals surface area contributed by atoms with Gasteiger partial charge in [-0.25, -0.2) is 0 Å². The molecule has 2 atom stereocenters. The summed E-state index contributed by atoms with van der Waals surface area (Å²) in [5.74, 6) is 0.0641. The Balaban J connectivity index is 1.79. The third-order valence-electron chi connectivity index (χ3n) is 4.31. The first kappa shape index (κ1) is 16.3. The molecule has 2 aliphatic rings. The van der Waals surface area contributed by atoms with E-state index in [-0.39, 0.29) is 18.0 Å². The first-order chi connectivity index (χ1) is 9.56. The van der Waals surface area contributed by atoms with Gasteiger partial charge in [0.1, 0.15) is 0 Å². The van der Waals surface area contributed by atoms with Crippen molar-refractivity contribution in [3.05, 3.63) is 12.2 Å². The van der Waals surface area contributed by atoms with E-state index in [9.17, 15) is 18.0 Å². The molecule has 1 aliphatic heterocycles. The Bertz CT molecular complexity index is 448. The van der Waals surface area contributed by atoms with Crippen LogP contribution in [-0.2, 0) is 9.53 Å². The molecular weight excluding hydrogens is 285 g/mol. The maximum atomic E-state index is 12.1. The van der Waals surface area contributed by atoms with Gasteiger partial charge in [-0.05, 0) is 27.3 Å². The molecule has 2 unspecified atom stereocenters. The van der Waals surface area contributed by atoms with E-state index >= 15 is 0 Å². The van der Waals surface area contributed by atoms with Crippen LogP contribution in [-0.4, -0.2) is 54.9 Å². The molecule has 4 nitrogen and oxygen atoms in total. The van der Waals surface area contributed by atoms with Crippen molar-refractivity contribution in [1.29, 1.82) is 0 Å². The summed E-state index contributed by atoms with van der Waals surface area (Å²) >= 11 is 0. The fourth-order valence-electron chi connectivity index (χ4n) is 2.98. The molecule has 1 amide bonds. The van der Waals surface area contributed by atoms with Crippen LogP contribution in [0.1, 0.15) is 20.3 Å². The number of carbonyl (C=O) groups is 1. The van der Waals surface area contributed by atoms with E-state index in [1.165, 1.54) is 19.2 Å². The molecule has 2 fully saturated rings. The Hall–Kier alpha value is -1.08. The maximum absolute atomic E-state index is 12.1. The Labute approximate surface area is 122 Å². The molecule has 0 spiro atoms. The molecule has 1 N–H and O–H groups in total. The van der Waals surface area contributed by atoms with Crippen LogP contribution < -0.4 is 5.32 Å². The van der Waals surface area contributed by atoms with Crippen LogP contribution in [0.15, 0.2) is 12.2 Å². The number of alkyl halides is 3. The van der Waals surface area contributed by atoms with E-state index in [4.69, 9.17) is 4.74 Å². The molecule has 2 rings (SSSR count). The minimum atomic E-state index is -4.23. The molecule has 0 aromatic carbocycles. The van der Waals surface area contributed by atoms with E-state index in [1.54, 1.807) is 0 Å². The van der Waals surface area contributed by atoms with Crippen molar-refractivity contribution in [1.82, 2.24) is 10.2 Å². The number of carbonyl (C=O) groups excluding carboxylic acids is 1. The molecule has 0 radical (unpaired) electrons. The van der Waals surface area contributed by atoms with Crippen molar-refractivity contribution in [2.75, 3.05) is 26.7 Å². The molecule has 0 bridgehead atoms. The lowest BCUT2D eigenvalue weighted by molar-refractivity contribution is -0.141. The highest BCUT2D eigenvalue weighted by Crippen LogP contribution is 2.57. The van der Waals surface area contributed by atoms with Gasteiger partial charge in [-0.1, -0.05) is 6.08 Å². The average molecular weight is 306 g/mol. The smallest absolute Gasteiger partial charge is 0.373 e. The van der Waals surface area contributed by atoms with Gasteiger partial charge in [-0.2, -0.15) is 13.2 Å². The van der Waals surface area contributed by atoms with Crippen LogP contribution in [0, 0.1) is 5.92 Å². The van der Waals surface area contributed by atoms with E-state index in [0.29, 0.717) is 12.5 Å². The molecule has 120 valence electrons. The third-order valence-corrected chi connectivity index (χ3v) is 4.31. The van der Waals surface area contributed by atoms with Crippen LogP contribution in [0.3, 0.4) is 0 Å². The van der Waals surface area contributed by atoms with Crippen molar-refractivity contribution >= 4 is 5.91 Å². The van der Waals surface area contributed by atoms with E-state index in [2.05, 4.69) is 5.32 Å². The summed E-state index contributed by atoms with van der Waals surface area (Å²) in [7, 11) is 1.36. The van der Waals surface area contributed by atoms with Crippen molar-refractivity contribution < 1.29 is 22.7 Å². The SMILES string of the molecule is CN(C/C=C/C(=O)NC12CC1COC2(C)C)CC(F)(F)F. The summed E-state index contributed by atoms with van der Waals surface area (Å²) in [6.07, 6.45) is -0.590. The van der Waals surface area contributed by atoms with Crippen molar-refractivity contribution in [3.8, 4) is 0 Å². The van der Waals surface area contributed by atoms with Gasteiger partial charge in [0.25, 0.3) is 0 Å². The lowest BCUT2D eigenvalue weighted by Crippen LogP contribution is -2.50. The molecule has 0 aromatic heterocycles. The quantitative estimate of drug-likeness (QED) is 0.787. The van der Waals surface area contributed by atoms with E-state index in [0.717, 1.165) is 11.3 Å². The van der Waals surface area contributed by atoms with Crippen LogP contribution >= 0.6 is 0 Å². The highest BCUT2D eigenvalue weighted by Gasteiger charge is 2.69. The largest absolute Gasteiger partial charge is 0.401 e. The lowest BCUT2D eigenvalue weighted by Gasteiger charge is -2.30. The molecule has 1 saturated carbocycles. The molecule has 7 heteroatoms. The van der Waals surface area contributed by atoms with Gasteiger partial charge in [0, 0.05) is 18.5 Å². The minimum absolute atomic E-state index is 0.0727. The van der Waals surface area contributed by atoms with Crippen LogP contribution in [0.4, 0.5) is 13.2 Å². The van der Waals surface area contributed by atoms with Crippen LogP contribution in [0.2, 0.25) is 0 Å². The molecular formula is C14H21F3N2O2. The topological polar surface area (TPSA) is 41.6 Å². The monoisotopic (exact) mass is 306 g/mol. The highest BCUT2D eigenvalue weighted by molar-refractivity contribution is 5.88. The molecule has 0 aromatic rings. The fraction of sp³-hybridized carbons (Fsp3) is 0.786. The second-order valence-electron chi connectivity index (χ2n) is 6.40. The summed E-state index contributed by atoms with van der Waals surface area (Å²) in [6, 6.07) is 0. The summed E-state index contributed by atoms with van der Waals surface area (Å²) in [5.41, 5.74) is -0.708. The number of nitrogens with one attached hydrogen (secondary N) is 1. The van der Waals surface area contributed by atoms with Crippen molar-refractivity contribution in [3.63, 3.8) is 0 Å². The van der Waals surface area contributed by atoms with Crippen LogP contribution in [0.5, 0.6) is 0 Å². The summed E-state index contributed by atoms with van der Waals surface area (Å²) in [5, 5.41) is 2.95. The number of likely N-dealkylation sites (N-methyl/N-ethyl adjacent to an activating group) is 1. The number of rotatable bonds is 5. The second kappa shape index (κ2) is 5.28. The first-order valence-corrected chi connectivity index (χ1v) is 6.94. The van der Waals surface area contributed by atoms with Crippen LogP contribution in [0.25, 0.3) is 0 Å². The van der Waals surface area contributed by atoms with Gasteiger partial charge < -0.3 is 10.1 Å². The number of halogens is 3. The molecule has 1 heterocycles. The number of hydrogen-bond acceptors (Lipinski definition) is 3. The zero-order chi connectivity index (χ0) is 15.9. The molecule has 1 aliphatic carbocycles. The Morgan fingerprint density at radius 1 is 1.48 bits per heavy atom. The zero-order valence-corrected chi connectivity index (χ0v) is 12.5. The first-order valence-electron chi connectivity index (χ1n) is 6.94. The molecule has 21 heavy (non-hydrogen) atoms. The second-order valence-corrected chi connectivity index (χ2v) is 6.40. The Morgan fingerprint density at radius 3 is 2.62 bits per heavy atom. The minimum Gasteiger partial charge on any atom is -0.373 e. The summed E-state index contributed by atoms with van der Waals surface area (Å²) in [6.45, 7) is 3.61. The Morgan fingerprint density at radius 2 is 2.14 bits per heavy atom. The summed E-state index contributed by atoms with van der Waals surface area (Å²) < 4.78 is 42.1. The maximum Gasteiger partial charge on any atom is 0.401 e. The normalized spacial score (nSPS) is 30.7.